The minimum Gasteiger partial charge on any atom is -0.497 e. The Hall–Kier alpha value is -1.79. The number of methoxy groups -OCH3 is 1. The van der Waals surface area contributed by atoms with Gasteiger partial charge in [-0.15, -0.1) is 12.4 Å². The Morgan fingerprint density at radius 1 is 1.30 bits per heavy atom. The molecule has 0 aliphatic carbocycles. The Labute approximate surface area is 170 Å². The Bertz CT molecular complexity index is 734. The number of amides is 1. The number of morpholine rings is 1. The molecule has 1 amide bonds. The molecule has 1 aliphatic rings. The molecule has 0 spiro atoms. The minimum absolute atomic E-state index is 0. The summed E-state index contributed by atoms with van der Waals surface area (Å²) in [5.74, 6) is 0.718. The first kappa shape index (κ1) is 21.5. The maximum absolute atomic E-state index is 12.6. The third-order valence-electron chi connectivity index (χ3n) is 4.40. The summed E-state index contributed by atoms with van der Waals surface area (Å²) in [6.45, 7) is 2.00. The molecule has 5 nitrogen and oxygen atoms in total. The lowest BCUT2D eigenvalue weighted by Gasteiger charge is -2.25. The number of halogens is 2. The van der Waals surface area contributed by atoms with Gasteiger partial charge in [-0.2, -0.15) is 0 Å². The average molecular weight is 411 g/mol. The summed E-state index contributed by atoms with van der Waals surface area (Å²) in [6, 6.07) is 14.9. The van der Waals surface area contributed by atoms with Crippen molar-refractivity contribution < 1.29 is 14.3 Å². The molecule has 0 radical (unpaired) electrons. The first-order valence-electron chi connectivity index (χ1n) is 8.66. The van der Waals surface area contributed by atoms with Gasteiger partial charge in [-0.25, -0.2) is 0 Å². The van der Waals surface area contributed by atoms with Gasteiger partial charge in [-0.05, 0) is 29.3 Å². The molecule has 2 atom stereocenters. The van der Waals surface area contributed by atoms with E-state index < -0.39 is 0 Å². The van der Waals surface area contributed by atoms with Crippen molar-refractivity contribution in [2.45, 2.75) is 18.5 Å². The molecule has 1 aliphatic heterocycles. The largest absolute Gasteiger partial charge is 0.497 e. The summed E-state index contributed by atoms with van der Waals surface area (Å²) in [4.78, 5) is 12.6. The van der Waals surface area contributed by atoms with Gasteiger partial charge < -0.3 is 20.1 Å². The molecule has 3 rings (SSSR count). The smallest absolute Gasteiger partial charge is 0.222 e. The van der Waals surface area contributed by atoms with Crippen LogP contribution in [0.1, 0.15) is 23.6 Å². The summed E-state index contributed by atoms with van der Waals surface area (Å²) in [5.41, 5.74) is 1.81. The van der Waals surface area contributed by atoms with Crippen molar-refractivity contribution in [3.8, 4) is 5.75 Å². The topological polar surface area (TPSA) is 59.6 Å². The van der Waals surface area contributed by atoms with Gasteiger partial charge in [0.05, 0.1) is 26.4 Å². The van der Waals surface area contributed by atoms with E-state index in [-0.39, 0.29) is 30.4 Å². The van der Waals surface area contributed by atoms with Gasteiger partial charge >= 0.3 is 0 Å². The number of nitrogens with one attached hydrogen (secondary N) is 2. The van der Waals surface area contributed by atoms with Gasteiger partial charge in [0.25, 0.3) is 0 Å². The lowest BCUT2D eigenvalue weighted by molar-refractivity contribution is -0.122. The number of hydrogen-bond acceptors (Lipinski definition) is 4. The number of carbonyl (C=O) groups is 1. The van der Waals surface area contributed by atoms with Crippen molar-refractivity contribution in [2.24, 2.45) is 0 Å². The molecule has 1 fully saturated rings. The minimum atomic E-state index is -0.327. The van der Waals surface area contributed by atoms with Gasteiger partial charge in [-0.3, -0.25) is 4.79 Å². The third kappa shape index (κ3) is 5.84. The van der Waals surface area contributed by atoms with Crippen LogP contribution in [0.15, 0.2) is 48.5 Å². The van der Waals surface area contributed by atoms with Crippen molar-refractivity contribution in [3.63, 3.8) is 0 Å². The average Bonchev–Trinajstić information content (AvgIpc) is 2.68. The van der Waals surface area contributed by atoms with Crippen LogP contribution in [0.4, 0.5) is 0 Å². The van der Waals surface area contributed by atoms with E-state index in [0.29, 0.717) is 24.7 Å². The number of benzene rings is 2. The zero-order valence-corrected chi connectivity index (χ0v) is 16.7. The first-order valence-corrected chi connectivity index (χ1v) is 9.04. The van der Waals surface area contributed by atoms with E-state index in [1.54, 1.807) is 7.11 Å². The van der Waals surface area contributed by atoms with Gasteiger partial charge in [0.15, 0.2) is 0 Å². The lowest BCUT2D eigenvalue weighted by atomic mass is 9.98. The first-order chi connectivity index (χ1) is 12.7. The van der Waals surface area contributed by atoms with Gasteiger partial charge in [0, 0.05) is 24.0 Å². The van der Waals surface area contributed by atoms with E-state index in [1.165, 1.54) is 0 Å². The quantitative estimate of drug-likeness (QED) is 0.766. The zero-order valence-electron chi connectivity index (χ0n) is 15.1. The molecule has 1 saturated heterocycles. The van der Waals surface area contributed by atoms with Crippen LogP contribution in [0.5, 0.6) is 5.75 Å². The van der Waals surface area contributed by atoms with Crippen LogP contribution < -0.4 is 15.4 Å². The molecular formula is C20H24Cl2N2O3. The zero-order chi connectivity index (χ0) is 18.4. The molecule has 0 aromatic heterocycles. The maximum atomic E-state index is 12.6. The SMILES string of the molecule is COc1ccc(C(NC(=O)CC2COCCN2)c2ccccc2Cl)cc1.Cl. The highest BCUT2D eigenvalue weighted by Gasteiger charge is 2.22. The predicted molar refractivity (Wildman–Crippen MR) is 109 cm³/mol. The fraction of sp³-hybridized carbons (Fsp3) is 0.350. The Morgan fingerprint density at radius 3 is 2.67 bits per heavy atom. The highest BCUT2D eigenvalue weighted by molar-refractivity contribution is 6.31. The van der Waals surface area contributed by atoms with E-state index in [9.17, 15) is 4.79 Å². The fourth-order valence-corrected chi connectivity index (χ4v) is 3.29. The number of ether oxygens (including phenoxy) is 2. The van der Waals surface area contributed by atoms with E-state index in [4.69, 9.17) is 21.1 Å². The molecule has 27 heavy (non-hydrogen) atoms. The summed E-state index contributed by atoms with van der Waals surface area (Å²) in [7, 11) is 1.63. The predicted octanol–water partition coefficient (Wildman–Crippen LogP) is 3.35. The molecule has 2 aromatic rings. The Kier molecular flexibility index (Phi) is 8.38. The number of hydrogen-bond donors (Lipinski definition) is 2. The molecular weight excluding hydrogens is 387 g/mol. The monoisotopic (exact) mass is 410 g/mol. The summed E-state index contributed by atoms with van der Waals surface area (Å²) < 4.78 is 10.6. The Balaban J connectivity index is 0.00000261. The van der Waals surface area contributed by atoms with Crippen molar-refractivity contribution in [1.29, 1.82) is 0 Å². The maximum Gasteiger partial charge on any atom is 0.222 e. The van der Waals surface area contributed by atoms with Crippen LogP contribution >= 0.6 is 24.0 Å². The van der Waals surface area contributed by atoms with Crippen molar-refractivity contribution in [3.05, 3.63) is 64.7 Å². The summed E-state index contributed by atoms with van der Waals surface area (Å²) >= 11 is 6.39. The fourth-order valence-electron chi connectivity index (χ4n) is 3.04. The van der Waals surface area contributed by atoms with Gasteiger partial charge in [-0.1, -0.05) is 41.9 Å². The standard InChI is InChI=1S/C20H23ClN2O3.ClH/c1-25-16-8-6-14(7-9-16)20(17-4-2-3-5-18(17)21)23-19(24)12-15-13-26-11-10-22-15;/h2-9,15,20,22H,10-13H2,1H3,(H,23,24);1H. The molecule has 0 bridgehead atoms. The molecule has 2 unspecified atom stereocenters. The van der Waals surface area contributed by atoms with Gasteiger partial charge in [0.2, 0.25) is 5.91 Å². The lowest BCUT2D eigenvalue weighted by Crippen LogP contribution is -2.44. The van der Waals surface area contributed by atoms with Crippen molar-refractivity contribution in [2.75, 3.05) is 26.9 Å². The highest BCUT2D eigenvalue weighted by atomic mass is 35.5. The van der Waals surface area contributed by atoms with E-state index >= 15 is 0 Å². The Morgan fingerprint density at radius 2 is 2.04 bits per heavy atom. The van der Waals surface area contributed by atoms with E-state index in [0.717, 1.165) is 23.4 Å². The molecule has 1 heterocycles. The van der Waals surface area contributed by atoms with Crippen LogP contribution in [0.25, 0.3) is 0 Å². The normalized spacial score (nSPS) is 17.5. The molecule has 2 N–H and O–H groups in total. The summed E-state index contributed by atoms with van der Waals surface area (Å²) in [5, 5.41) is 7.03. The molecule has 2 aromatic carbocycles. The van der Waals surface area contributed by atoms with Crippen molar-refractivity contribution >= 4 is 29.9 Å². The van der Waals surface area contributed by atoms with E-state index in [2.05, 4.69) is 10.6 Å². The third-order valence-corrected chi connectivity index (χ3v) is 4.75. The molecule has 7 heteroatoms. The molecule has 146 valence electrons. The molecule has 0 saturated carbocycles. The number of rotatable bonds is 6. The summed E-state index contributed by atoms with van der Waals surface area (Å²) in [6.07, 6.45) is 0.358. The second kappa shape index (κ2) is 10.5. The highest BCUT2D eigenvalue weighted by Crippen LogP contribution is 2.29. The second-order valence-electron chi connectivity index (χ2n) is 6.23. The number of carbonyl (C=O) groups excluding carboxylic acids is 1. The van der Waals surface area contributed by atoms with E-state index in [1.807, 2.05) is 48.5 Å². The van der Waals surface area contributed by atoms with Gasteiger partial charge in [0.1, 0.15) is 5.75 Å². The second-order valence-corrected chi connectivity index (χ2v) is 6.63. The van der Waals surface area contributed by atoms with Crippen LogP contribution in [0.3, 0.4) is 0 Å². The van der Waals surface area contributed by atoms with Crippen molar-refractivity contribution in [1.82, 2.24) is 10.6 Å². The van der Waals surface area contributed by atoms with Crippen LogP contribution in [-0.4, -0.2) is 38.8 Å². The van der Waals surface area contributed by atoms with Crippen LogP contribution in [0, 0.1) is 0 Å². The van der Waals surface area contributed by atoms with Crippen LogP contribution in [-0.2, 0) is 9.53 Å². The van der Waals surface area contributed by atoms with Crippen LogP contribution in [0.2, 0.25) is 5.02 Å².